The molecule has 2 amide bonds. The van der Waals surface area contributed by atoms with Crippen LogP contribution in [0.15, 0.2) is 42.5 Å². The fourth-order valence-corrected chi connectivity index (χ4v) is 4.88. The smallest absolute Gasteiger partial charge is 0.244 e. The number of anilines is 1. The van der Waals surface area contributed by atoms with Gasteiger partial charge in [0.05, 0.1) is 19.1 Å². The van der Waals surface area contributed by atoms with Crippen LogP contribution in [-0.2, 0) is 26.2 Å². The molecule has 36 heavy (non-hydrogen) atoms. The molecule has 0 aliphatic heterocycles. The third-order valence-corrected chi connectivity index (χ3v) is 7.45. The van der Waals surface area contributed by atoms with E-state index < -0.39 is 28.5 Å². The Labute approximate surface area is 219 Å². The van der Waals surface area contributed by atoms with E-state index in [1.807, 2.05) is 26.0 Å². The van der Waals surface area contributed by atoms with Crippen LogP contribution >= 0.6 is 11.6 Å². The maximum Gasteiger partial charge on any atom is 0.244 e. The molecule has 0 saturated heterocycles. The topological polar surface area (TPSA) is 96.0 Å². The fraction of sp³-hybridized carbons (Fsp3) is 0.462. The Hall–Kier alpha value is -2.78. The van der Waals surface area contributed by atoms with Crippen molar-refractivity contribution in [3.8, 4) is 5.75 Å². The number of amides is 2. The molecule has 0 radical (unpaired) electrons. The maximum atomic E-state index is 13.7. The lowest BCUT2D eigenvalue weighted by atomic mass is 10.1. The van der Waals surface area contributed by atoms with E-state index in [-0.39, 0.29) is 12.5 Å². The van der Waals surface area contributed by atoms with Crippen molar-refractivity contribution in [3.63, 3.8) is 0 Å². The van der Waals surface area contributed by atoms with Crippen LogP contribution in [0.25, 0.3) is 0 Å². The number of nitrogens with one attached hydrogen (secondary N) is 1. The number of benzene rings is 2. The van der Waals surface area contributed by atoms with Crippen LogP contribution in [0.5, 0.6) is 5.75 Å². The molecule has 0 spiro atoms. The Morgan fingerprint density at radius 1 is 1.11 bits per heavy atom. The molecule has 0 fully saturated rings. The summed E-state index contributed by atoms with van der Waals surface area (Å²) in [6.45, 7) is 5.73. The van der Waals surface area contributed by atoms with E-state index in [0.717, 1.165) is 29.0 Å². The lowest BCUT2D eigenvalue weighted by molar-refractivity contribution is -0.140. The molecule has 2 rings (SSSR count). The zero-order chi connectivity index (χ0) is 26.9. The van der Waals surface area contributed by atoms with Gasteiger partial charge in [-0.05, 0) is 55.2 Å². The molecule has 2 aromatic rings. The maximum absolute atomic E-state index is 13.7. The van der Waals surface area contributed by atoms with Crippen LogP contribution in [0.2, 0.25) is 5.02 Å². The van der Waals surface area contributed by atoms with Crippen molar-refractivity contribution in [1.29, 1.82) is 0 Å². The minimum absolute atomic E-state index is 0.134. The summed E-state index contributed by atoms with van der Waals surface area (Å²) in [6, 6.07) is 11.3. The lowest BCUT2D eigenvalue weighted by Crippen LogP contribution is -2.52. The van der Waals surface area contributed by atoms with Crippen molar-refractivity contribution in [2.24, 2.45) is 0 Å². The van der Waals surface area contributed by atoms with Gasteiger partial charge in [-0.1, -0.05) is 50.1 Å². The monoisotopic (exact) mass is 537 g/mol. The second-order valence-electron chi connectivity index (χ2n) is 8.59. The summed E-state index contributed by atoms with van der Waals surface area (Å²) in [4.78, 5) is 28.2. The first-order valence-electron chi connectivity index (χ1n) is 12.0. The summed E-state index contributed by atoms with van der Waals surface area (Å²) in [6.07, 6.45) is 3.16. The number of hydrogen-bond donors (Lipinski definition) is 1. The molecule has 0 aliphatic carbocycles. The zero-order valence-electron chi connectivity index (χ0n) is 21.6. The van der Waals surface area contributed by atoms with Gasteiger partial charge in [0.1, 0.15) is 18.3 Å². The van der Waals surface area contributed by atoms with Crippen molar-refractivity contribution >= 4 is 39.1 Å². The summed E-state index contributed by atoms with van der Waals surface area (Å²) in [7, 11) is -2.26. The SMILES string of the molecule is CCCCNC(=O)C(CC)N(Cc1ccc(OC)cc1)C(=O)CN(c1cccc(Cl)c1C)S(C)(=O)=O. The van der Waals surface area contributed by atoms with Gasteiger partial charge in [0, 0.05) is 18.1 Å². The molecule has 10 heteroatoms. The minimum atomic E-state index is -3.83. The largest absolute Gasteiger partial charge is 0.497 e. The van der Waals surface area contributed by atoms with Crippen molar-refractivity contribution in [3.05, 3.63) is 58.6 Å². The molecule has 0 aromatic heterocycles. The molecule has 1 unspecified atom stereocenters. The number of methoxy groups -OCH3 is 1. The van der Waals surface area contributed by atoms with E-state index in [0.29, 0.717) is 35.0 Å². The summed E-state index contributed by atoms with van der Waals surface area (Å²) >= 11 is 6.23. The first-order valence-corrected chi connectivity index (χ1v) is 14.2. The standard InChI is InChI=1S/C26H36ClN3O5S/c1-6-8-16-28-26(32)23(7-2)29(17-20-12-14-21(35-4)15-13-20)25(31)18-30(36(5,33)34)24-11-9-10-22(27)19(24)3/h9-15,23H,6-8,16-18H2,1-5H3,(H,28,32). The number of hydrogen-bond acceptors (Lipinski definition) is 5. The summed E-state index contributed by atoms with van der Waals surface area (Å²) in [5.41, 5.74) is 1.65. The molecule has 1 N–H and O–H groups in total. The van der Waals surface area contributed by atoms with Gasteiger partial charge in [-0.2, -0.15) is 0 Å². The molecule has 0 bridgehead atoms. The average Bonchev–Trinajstić information content (AvgIpc) is 2.84. The normalized spacial score (nSPS) is 12.1. The highest BCUT2D eigenvalue weighted by atomic mass is 35.5. The van der Waals surface area contributed by atoms with Crippen LogP contribution in [0.3, 0.4) is 0 Å². The predicted molar refractivity (Wildman–Crippen MR) is 144 cm³/mol. The van der Waals surface area contributed by atoms with Gasteiger partial charge >= 0.3 is 0 Å². The third kappa shape index (κ3) is 7.86. The van der Waals surface area contributed by atoms with E-state index in [1.54, 1.807) is 44.4 Å². The van der Waals surface area contributed by atoms with Crippen molar-refractivity contribution in [1.82, 2.24) is 10.2 Å². The number of sulfonamides is 1. The molecule has 2 aromatic carbocycles. The number of carbonyl (C=O) groups is 2. The average molecular weight is 538 g/mol. The van der Waals surface area contributed by atoms with Crippen molar-refractivity contribution in [2.75, 3.05) is 30.8 Å². The van der Waals surface area contributed by atoms with Crippen molar-refractivity contribution in [2.45, 2.75) is 52.6 Å². The first-order chi connectivity index (χ1) is 17.0. The molecular weight excluding hydrogens is 502 g/mol. The molecule has 8 nitrogen and oxygen atoms in total. The molecule has 0 aliphatic rings. The van der Waals surface area contributed by atoms with Gasteiger partial charge in [0.2, 0.25) is 21.8 Å². The van der Waals surface area contributed by atoms with Crippen LogP contribution in [0.4, 0.5) is 5.69 Å². The van der Waals surface area contributed by atoms with Crippen LogP contribution < -0.4 is 14.4 Å². The van der Waals surface area contributed by atoms with Crippen LogP contribution in [0, 0.1) is 6.92 Å². The Bertz CT molecular complexity index is 1140. The minimum Gasteiger partial charge on any atom is -0.497 e. The second kappa shape index (κ2) is 13.5. The van der Waals surface area contributed by atoms with Gasteiger partial charge in [-0.25, -0.2) is 8.42 Å². The zero-order valence-corrected chi connectivity index (χ0v) is 23.2. The third-order valence-electron chi connectivity index (χ3n) is 5.91. The van der Waals surface area contributed by atoms with Crippen LogP contribution in [0.1, 0.15) is 44.2 Å². The van der Waals surface area contributed by atoms with Gasteiger partial charge in [-0.15, -0.1) is 0 Å². The highest BCUT2D eigenvalue weighted by molar-refractivity contribution is 7.92. The summed E-state index contributed by atoms with van der Waals surface area (Å²) < 4.78 is 31.8. The van der Waals surface area contributed by atoms with Gasteiger partial charge in [0.15, 0.2) is 0 Å². The molecular formula is C26H36ClN3O5S. The molecule has 198 valence electrons. The highest BCUT2D eigenvalue weighted by Crippen LogP contribution is 2.28. The van der Waals surface area contributed by atoms with E-state index in [2.05, 4.69) is 5.32 Å². The molecule has 1 atom stereocenters. The van der Waals surface area contributed by atoms with E-state index in [4.69, 9.17) is 16.3 Å². The van der Waals surface area contributed by atoms with E-state index >= 15 is 0 Å². The highest BCUT2D eigenvalue weighted by Gasteiger charge is 2.32. The van der Waals surface area contributed by atoms with Crippen LogP contribution in [-0.4, -0.2) is 57.6 Å². The number of nitrogens with zero attached hydrogens (tertiary/aromatic N) is 2. The van der Waals surface area contributed by atoms with Gasteiger partial charge < -0.3 is 15.0 Å². The Balaban J connectivity index is 2.44. The fourth-order valence-electron chi connectivity index (χ4n) is 3.81. The van der Waals surface area contributed by atoms with Crippen molar-refractivity contribution < 1.29 is 22.7 Å². The number of ether oxygens (including phenoxy) is 1. The quantitative estimate of drug-likeness (QED) is 0.387. The number of halogens is 1. The Morgan fingerprint density at radius 3 is 2.33 bits per heavy atom. The predicted octanol–water partition coefficient (Wildman–Crippen LogP) is 4.15. The lowest BCUT2D eigenvalue weighted by Gasteiger charge is -2.33. The second-order valence-corrected chi connectivity index (χ2v) is 10.9. The Kier molecular flexibility index (Phi) is 11.0. The van der Waals surface area contributed by atoms with E-state index in [1.165, 1.54) is 4.90 Å². The molecule has 0 saturated carbocycles. The number of unbranched alkanes of at least 4 members (excludes halogenated alkanes) is 1. The van der Waals surface area contributed by atoms with Gasteiger partial charge in [-0.3, -0.25) is 13.9 Å². The molecule has 0 heterocycles. The number of rotatable bonds is 13. The summed E-state index contributed by atoms with van der Waals surface area (Å²) in [5.74, 6) is -0.0913. The van der Waals surface area contributed by atoms with E-state index in [9.17, 15) is 18.0 Å². The number of carbonyl (C=O) groups excluding carboxylic acids is 2. The summed E-state index contributed by atoms with van der Waals surface area (Å²) in [5, 5.41) is 3.30. The van der Waals surface area contributed by atoms with Gasteiger partial charge in [0.25, 0.3) is 0 Å². The Morgan fingerprint density at radius 2 is 1.78 bits per heavy atom. The first kappa shape index (κ1) is 29.5.